The van der Waals surface area contributed by atoms with Gasteiger partial charge in [-0.1, -0.05) is 83.2 Å². The molecule has 210 valence electrons. The molecule has 0 saturated carbocycles. The van der Waals surface area contributed by atoms with Crippen LogP contribution in [0.5, 0.6) is 11.5 Å². The zero-order chi connectivity index (χ0) is 27.6. The maximum Gasteiger partial charge on any atom is 0.319 e. The molecule has 0 aromatic heterocycles. The molecule has 8 nitrogen and oxygen atoms in total. The molecule has 0 aliphatic rings. The smallest absolute Gasteiger partial charge is 0.319 e. The van der Waals surface area contributed by atoms with Gasteiger partial charge in [0, 0.05) is 22.0 Å². The Hall–Kier alpha value is -2.46. The Morgan fingerprint density at radius 3 is 1.29 bits per heavy atom. The van der Waals surface area contributed by atoms with Crippen molar-refractivity contribution in [2.45, 2.75) is 64.2 Å². The molecule has 0 saturated heterocycles. The predicted octanol–water partition coefficient (Wildman–Crippen LogP) is 8.07. The van der Waals surface area contributed by atoms with Gasteiger partial charge in [-0.05, 0) is 49.2 Å². The Bertz CT molecular complexity index is 927. The van der Waals surface area contributed by atoms with Crippen molar-refractivity contribution in [2.75, 3.05) is 37.9 Å². The van der Waals surface area contributed by atoms with Crippen molar-refractivity contribution in [1.29, 1.82) is 0 Å². The number of carbonyl (C=O) groups excluding carboxylic acids is 2. The van der Waals surface area contributed by atoms with E-state index in [0.29, 0.717) is 36.0 Å². The number of ether oxygens (including phenoxy) is 2. The highest BCUT2D eigenvalue weighted by atomic mass is 79.9. The number of benzene rings is 2. The minimum Gasteiger partial charge on any atom is -0.495 e. The highest BCUT2D eigenvalue weighted by Gasteiger charge is 2.08. The van der Waals surface area contributed by atoms with Gasteiger partial charge in [0.15, 0.2) is 0 Å². The van der Waals surface area contributed by atoms with Crippen molar-refractivity contribution in [3.8, 4) is 11.5 Å². The number of nitrogens with one attached hydrogen (secondary N) is 4. The van der Waals surface area contributed by atoms with Crippen LogP contribution in [0, 0.1) is 0 Å². The summed E-state index contributed by atoms with van der Waals surface area (Å²) in [6.45, 7) is 1.32. The molecule has 10 heteroatoms. The van der Waals surface area contributed by atoms with E-state index in [-0.39, 0.29) is 12.1 Å². The molecule has 2 rings (SSSR count). The lowest BCUT2D eigenvalue weighted by Crippen LogP contribution is -2.29. The topological polar surface area (TPSA) is 101 Å². The number of rotatable bonds is 17. The fraction of sp³-hybridized carbons (Fsp3) is 0.500. The van der Waals surface area contributed by atoms with Crippen LogP contribution < -0.4 is 30.7 Å². The number of hydrogen-bond acceptors (Lipinski definition) is 4. The van der Waals surface area contributed by atoms with Crippen molar-refractivity contribution >= 4 is 55.3 Å². The van der Waals surface area contributed by atoms with Crippen LogP contribution in [0.4, 0.5) is 21.0 Å². The Kier molecular flexibility index (Phi) is 15.7. The number of anilines is 2. The largest absolute Gasteiger partial charge is 0.495 e. The van der Waals surface area contributed by atoms with Crippen LogP contribution in [0.15, 0.2) is 45.3 Å². The third kappa shape index (κ3) is 12.9. The van der Waals surface area contributed by atoms with Crippen molar-refractivity contribution in [1.82, 2.24) is 10.6 Å². The lowest BCUT2D eigenvalue weighted by molar-refractivity contribution is 0.251. The number of methoxy groups -OCH3 is 2. The third-order valence-electron chi connectivity index (χ3n) is 6.00. The summed E-state index contributed by atoms with van der Waals surface area (Å²) in [7, 11) is 3.16. The molecule has 0 spiro atoms. The summed E-state index contributed by atoms with van der Waals surface area (Å²) in [5.41, 5.74) is 1.29. The zero-order valence-corrected chi connectivity index (χ0v) is 25.5. The predicted molar refractivity (Wildman–Crippen MR) is 162 cm³/mol. The summed E-state index contributed by atoms with van der Waals surface area (Å²) in [5.74, 6) is 1.24. The molecule has 0 atom stereocenters. The van der Waals surface area contributed by atoms with Crippen molar-refractivity contribution in [2.24, 2.45) is 0 Å². The van der Waals surface area contributed by atoms with E-state index in [4.69, 9.17) is 9.47 Å². The standard InChI is InChI=1S/C28H40Br2N4O4/c1-37-25-19-21(29)13-15-23(25)33-27(35)31-17-11-9-7-5-3-4-6-8-10-12-18-32-28(36)34-24-16-14-22(30)20-26(24)38-2/h13-16,19-20H,3-12,17-18H2,1-2H3,(H2,31,33,35)(H2,32,34,36). The molecular weight excluding hydrogens is 616 g/mol. The van der Waals surface area contributed by atoms with Crippen LogP contribution in [0.1, 0.15) is 64.2 Å². The first-order valence-electron chi connectivity index (χ1n) is 13.2. The van der Waals surface area contributed by atoms with Gasteiger partial charge in [0.05, 0.1) is 25.6 Å². The van der Waals surface area contributed by atoms with Crippen molar-refractivity contribution < 1.29 is 19.1 Å². The van der Waals surface area contributed by atoms with Crippen LogP contribution in [-0.2, 0) is 0 Å². The molecule has 38 heavy (non-hydrogen) atoms. The average molecular weight is 656 g/mol. The summed E-state index contributed by atoms with van der Waals surface area (Å²) in [4.78, 5) is 24.2. The molecule has 0 unspecified atom stereocenters. The molecule has 0 bridgehead atoms. The van der Waals surface area contributed by atoms with Gasteiger partial charge in [0.25, 0.3) is 0 Å². The first-order chi connectivity index (χ1) is 18.4. The zero-order valence-electron chi connectivity index (χ0n) is 22.3. The highest BCUT2D eigenvalue weighted by molar-refractivity contribution is 9.10. The summed E-state index contributed by atoms with van der Waals surface area (Å²) in [5, 5.41) is 11.5. The molecule has 0 fully saturated rings. The van der Waals surface area contributed by atoms with Gasteiger partial charge in [0.2, 0.25) is 0 Å². The highest BCUT2D eigenvalue weighted by Crippen LogP contribution is 2.28. The molecule has 2 aromatic rings. The average Bonchev–Trinajstić information content (AvgIpc) is 2.90. The quantitative estimate of drug-likeness (QED) is 0.129. The molecule has 4 amide bonds. The van der Waals surface area contributed by atoms with E-state index in [2.05, 4.69) is 53.1 Å². The van der Waals surface area contributed by atoms with Crippen LogP contribution in [0.3, 0.4) is 0 Å². The lowest BCUT2D eigenvalue weighted by Gasteiger charge is -2.11. The lowest BCUT2D eigenvalue weighted by atomic mass is 10.1. The van der Waals surface area contributed by atoms with Gasteiger partial charge in [-0.25, -0.2) is 9.59 Å². The number of unbranched alkanes of at least 4 members (excludes halogenated alkanes) is 9. The minimum atomic E-state index is -0.216. The molecule has 0 aliphatic heterocycles. The maximum absolute atomic E-state index is 12.1. The number of halogens is 2. The first-order valence-corrected chi connectivity index (χ1v) is 14.8. The van der Waals surface area contributed by atoms with Gasteiger partial charge >= 0.3 is 12.1 Å². The summed E-state index contributed by atoms with van der Waals surface area (Å²) < 4.78 is 12.4. The minimum absolute atomic E-state index is 0.216. The molecule has 4 N–H and O–H groups in total. The molecular formula is C28H40Br2N4O4. The van der Waals surface area contributed by atoms with E-state index >= 15 is 0 Å². The van der Waals surface area contributed by atoms with Crippen LogP contribution in [-0.4, -0.2) is 39.4 Å². The van der Waals surface area contributed by atoms with E-state index in [9.17, 15) is 9.59 Å². The molecule has 0 aliphatic carbocycles. The third-order valence-corrected chi connectivity index (χ3v) is 6.98. The van der Waals surface area contributed by atoms with Gasteiger partial charge in [-0.15, -0.1) is 0 Å². The van der Waals surface area contributed by atoms with Gasteiger partial charge in [0.1, 0.15) is 11.5 Å². The monoisotopic (exact) mass is 654 g/mol. The molecule has 0 radical (unpaired) electrons. The van der Waals surface area contributed by atoms with Crippen molar-refractivity contribution in [3.05, 3.63) is 45.3 Å². The van der Waals surface area contributed by atoms with Gasteiger partial charge in [-0.2, -0.15) is 0 Å². The summed E-state index contributed by atoms with van der Waals surface area (Å²) >= 11 is 6.78. The Morgan fingerprint density at radius 2 is 0.947 bits per heavy atom. The fourth-order valence-corrected chi connectivity index (χ4v) is 4.62. The van der Waals surface area contributed by atoms with E-state index in [0.717, 1.165) is 34.6 Å². The van der Waals surface area contributed by atoms with E-state index in [1.165, 1.54) is 38.5 Å². The summed E-state index contributed by atoms with van der Waals surface area (Å²) in [6, 6.07) is 10.5. The van der Waals surface area contributed by atoms with Crippen LogP contribution in [0.25, 0.3) is 0 Å². The van der Waals surface area contributed by atoms with E-state index in [1.54, 1.807) is 14.2 Å². The second-order valence-electron chi connectivity index (χ2n) is 8.99. The Morgan fingerprint density at radius 1 is 0.605 bits per heavy atom. The maximum atomic E-state index is 12.1. The Labute approximate surface area is 243 Å². The normalized spacial score (nSPS) is 10.5. The number of carbonyl (C=O) groups is 2. The number of hydrogen-bond donors (Lipinski definition) is 4. The molecule has 2 aromatic carbocycles. The van der Waals surface area contributed by atoms with Crippen LogP contribution in [0.2, 0.25) is 0 Å². The van der Waals surface area contributed by atoms with Crippen LogP contribution >= 0.6 is 31.9 Å². The number of urea groups is 2. The second kappa shape index (κ2) is 18.7. The number of amides is 4. The fourth-order valence-electron chi connectivity index (χ4n) is 3.94. The van der Waals surface area contributed by atoms with Crippen molar-refractivity contribution in [3.63, 3.8) is 0 Å². The second-order valence-corrected chi connectivity index (χ2v) is 10.8. The molecule has 0 heterocycles. The SMILES string of the molecule is COc1cc(Br)ccc1NC(=O)NCCCCCCCCCCCCNC(=O)Nc1ccc(Br)cc1OC. The Balaban J connectivity index is 1.39. The van der Waals surface area contributed by atoms with Gasteiger partial charge in [-0.3, -0.25) is 0 Å². The van der Waals surface area contributed by atoms with Gasteiger partial charge < -0.3 is 30.7 Å². The summed E-state index contributed by atoms with van der Waals surface area (Å²) in [6.07, 6.45) is 11.5. The first kappa shape index (κ1) is 31.8. The van der Waals surface area contributed by atoms with E-state index < -0.39 is 0 Å². The van der Waals surface area contributed by atoms with E-state index in [1.807, 2.05) is 36.4 Å².